The van der Waals surface area contributed by atoms with E-state index in [0.717, 1.165) is 105 Å². The first-order valence-electron chi connectivity index (χ1n) is 28.7. The largest absolute Gasteiger partial charge is 0.456 e. The predicted molar refractivity (Wildman–Crippen MR) is 326 cm³/mol. The van der Waals surface area contributed by atoms with Crippen molar-refractivity contribution in [2.45, 2.75) is 52.9 Å². The van der Waals surface area contributed by atoms with Crippen LogP contribution in [-0.4, -0.2) is 6.71 Å². The van der Waals surface area contributed by atoms with Gasteiger partial charge in [-0.2, -0.15) is 0 Å². The third-order valence-electron chi connectivity index (χ3n) is 15.5. The lowest BCUT2D eigenvalue weighted by Crippen LogP contribution is -2.60. The summed E-state index contributed by atoms with van der Waals surface area (Å²) >= 11 is 1.77. The van der Waals surface area contributed by atoms with Gasteiger partial charge in [-0.15, -0.1) is 11.3 Å². The third-order valence-corrected chi connectivity index (χ3v) is 16.7. The normalized spacial score (nSPS) is 13.8. The Balaban J connectivity index is 1.13. The fourth-order valence-electron chi connectivity index (χ4n) is 11.7. The van der Waals surface area contributed by atoms with Gasteiger partial charge < -0.3 is 19.1 Å². The lowest BCUT2D eigenvalue weighted by molar-refractivity contribution is 0.588. The molecule has 2 aliphatic heterocycles. The summed E-state index contributed by atoms with van der Waals surface area (Å²) in [5.74, 6) is 0.135. The highest BCUT2D eigenvalue weighted by molar-refractivity contribution is 7.33. The van der Waals surface area contributed by atoms with E-state index < -0.39 is 6.04 Å². The number of anilines is 9. The van der Waals surface area contributed by atoms with Crippen LogP contribution in [0.25, 0.3) is 54.3 Å². The average molecular weight is 1000 g/mol. The van der Waals surface area contributed by atoms with Crippen molar-refractivity contribution < 1.29 is 11.3 Å². The van der Waals surface area contributed by atoms with Gasteiger partial charge in [0.2, 0.25) is 0 Å². The molecule has 0 aliphatic carbocycles. The zero-order valence-electron chi connectivity index (χ0n) is 48.3. The Morgan fingerprint density at radius 1 is 0.539 bits per heavy atom. The molecule has 2 aromatic heterocycles. The summed E-state index contributed by atoms with van der Waals surface area (Å²) < 4.78 is 53.0. The second-order valence-electron chi connectivity index (χ2n) is 21.6. The molecule has 0 saturated carbocycles. The smallest absolute Gasteiger partial charge is 0.264 e. The van der Waals surface area contributed by atoms with Crippen LogP contribution in [0.4, 0.5) is 51.2 Å². The SMILES string of the molecule is [2H]c1c([2H])c([2H])c(-c2ccc3sc4c(c3c2)N(c2ccc(C(C)(C)C)cc2C(C)C)c2cc(-c3ccc(C)cc3)cc3c2B4c2ccc(N(c4ccccc4)c4ccccc4)cc2N3c2ccc3oc4ccccc4c3c2)c([2H])c1[2H]. The summed E-state index contributed by atoms with van der Waals surface area (Å²) in [4.78, 5) is 7.32. The number of furan rings is 1. The van der Waals surface area contributed by atoms with Crippen LogP contribution in [-0.2, 0) is 5.41 Å². The van der Waals surface area contributed by atoms with E-state index in [9.17, 15) is 0 Å². The first-order valence-corrected chi connectivity index (χ1v) is 27.0. The van der Waals surface area contributed by atoms with Gasteiger partial charge >= 0.3 is 0 Å². The van der Waals surface area contributed by atoms with Crippen molar-refractivity contribution in [2.75, 3.05) is 14.7 Å². The molecule has 0 fully saturated rings. The monoisotopic (exact) mass is 1000 g/mol. The van der Waals surface area contributed by atoms with E-state index in [0.29, 0.717) is 5.56 Å². The number of fused-ring (bicyclic) bond motifs is 9. The molecule has 14 rings (SSSR count). The Kier molecular flexibility index (Phi) is 9.54. The van der Waals surface area contributed by atoms with Crippen LogP contribution in [0.2, 0.25) is 0 Å². The number of rotatable bonds is 8. The summed E-state index contributed by atoms with van der Waals surface area (Å²) in [5.41, 5.74) is 19.7. The minimum atomic E-state index is -0.410. The molecule has 0 saturated heterocycles. The van der Waals surface area contributed by atoms with Crippen molar-refractivity contribution in [3.63, 3.8) is 0 Å². The molecule has 0 N–H and O–H groups in total. The quantitative estimate of drug-likeness (QED) is 0.142. The number of thiophene rings is 1. The Bertz CT molecular complexity index is 4460. The van der Waals surface area contributed by atoms with Crippen molar-refractivity contribution in [3.8, 4) is 22.3 Å². The van der Waals surface area contributed by atoms with E-state index >= 15 is 0 Å². The van der Waals surface area contributed by atoms with Crippen molar-refractivity contribution in [1.82, 2.24) is 0 Å². The minimum Gasteiger partial charge on any atom is -0.456 e. The maximum atomic E-state index is 9.17. The molecule has 2 aliphatic rings. The van der Waals surface area contributed by atoms with Gasteiger partial charge in [0.05, 0.1) is 12.5 Å². The van der Waals surface area contributed by atoms with Crippen LogP contribution < -0.4 is 30.4 Å². The summed E-state index contributed by atoms with van der Waals surface area (Å²) in [6.45, 7) is 13.2. The third kappa shape index (κ3) is 7.49. The van der Waals surface area contributed by atoms with E-state index in [4.69, 9.17) is 11.3 Å². The second-order valence-corrected chi connectivity index (χ2v) is 22.7. The maximum absolute atomic E-state index is 9.17. The van der Waals surface area contributed by atoms with Gasteiger partial charge in [-0.1, -0.05) is 174 Å². The van der Waals surface area contributed by atoms with Crippen molar-refractivity contribution in [2.24, 2.45) is 0 Å². The Hall–Kier alpha value is -8.58. The highest BCUT2D eigenvalue weighted by Crippen LogP contribution is 2.52. The molecule has 366 valence electrons. The van der Waals surface area contributed by atoms with Gasteiger partial charge in [-0.25, -0.2) is 0 Å². The maximum Gasteiger partial charge on any atom is 0.264 e. The van der Waals surface area contributed by atoms with E-state index in [2.05, 4.69) is 232 Å². The number of hydrogen-bond acceptors (Lipinski definition) is 5. The van der Waals surface area contributed by atoms with Gasteiger partial charge in [0, 0.05) is 71.1 Å². The standard InChI is InChI=1S/C70H56BN3OS/c1-44(2)56-41-50(70(4,5)6)31-35-60(56)74-63-40-49(47-28-26-45(3)27-29-47)39-62-67(63)71(69-68(74)58-38-48(30-37-66(58)76-69)46-18-10-7-11-19-46)59-34-32-54(72(51-20-12-8-13-21-51)52-22-14-9-15-23-52)43-61(59)73(62)53-33-36-65-57(42-53)55-24-16-17-25-64(55)75-65/h7-44H,1-6H3/i7D,10D,11D,18D,19D. The molecular formula is C70H56BN3OS. The average Bonchev–Trinajstić information content (AvgIpc) is 2.99. The number of nitrogens with zero attached hydrogens (tertiary/aromatic N) is 3. The van der Waals surface area contributed by atoms with Crippen LogP contribution >= 0.6 is 11.3 Å². The molecule has 0 unspecified atom stereocenters. The van der Waals surface area contributed by atoms with Crippen LogP contribution in [0.1, 0.15) is 64.1 Å². The molecule has 4 nitrogen and oxygen atoms in total. The number of hydrogen-bond donors (Lipinski definition) is 0. The highest BCUT2D eigenvalue weighted by Gasteiger charge is 2.46. The number of benzene rings is 10. The zero-order chi connectivity index (χ0) is 55.7. The van der Waals surface area contributed by atoms with Gasteiger partial charge in [0.25, 0.3) is 6.71 Å². The fourth-order valence-corrected chi connectivity index (χ4v) is 13.0. The zero-order valence-corrected chi connectivity index (χ0v) is 44.1. The van der Waals surface area contributed by atoms with E-state index in [1.807, 2.05) is 18.2 Å². The molecule has 0 radical (unpaired) electrons. The lowest BCUT2D eigenvalue weighted by atomic mass is 9.36. The van der Waals surface area contributed by atoms with Crippen LogP contribution in [0.3, 0.4) is 0 Å². The Labute approximate surface area is 456 Å². The molecule has 4 heterocycles. The van der Waals surface area contributed by atoms with Crippen molar-refractivity contribution in [1.29, 1.82) is 0 Å². The predicted octanol–water partition coefficient (Wildman–Crippen LogP) is 18.4. The molecular weight excluding hydrogens is 942 g/mol. The topological polar surface area (TPSA) is 22.9 Å². The lowest BCUT2D eigenvalue weighted by Gasteiger charge is -2.44. The molecule has 0 spiro atoms. The molecule has 0 atom stereocenters. The summed E-state index contributed by atoms with van der Waals surface area (Å²) in [5, 5.41) is 3.03. The number of aryl methyl sites for hydroxylation is 1. The first kappa shape index (κ1) is 40.8. The molecule has 0 amide bonds. The van der Waals surface area contributed by atoms with Gasteiger partial charge in [-0.3, -0.25) is 0 Å². The summed E-state index contributed by atoms with van der Waals surface area (Å²) in [6.07, 6.45) is 0. The summed E-state index contributed by atoms with van der Waals surface area (Å²) in [6, 6.07) is 68.1. The van der Waals surface area contributed by atoms with Gasteiger partial charge in [0.15, 0.2) is 0 Å². The van der Waals surface area contributed by atoms with Crippen LogP contribution in [0.15, 0.2) is 229 Å². The number of para-hydroxylation sites is 3. The Morgan fingerprint density at radius 2 is 1.22 bits per heavy atom. The van der Waals surface area contributed by atoms with E-state index in [1.54, 1.807) is 11.3 Å². The molecule has 10 aromatic carbocycles. The molecule has 76 heavy (non-hydrogen) atoms. The van der Waals surface area contributed by atoms with Crippen molar-refractivity contribution in [3.05, 3.63) is 241 Å². The van der Waals surface area contributed by atoms with E-state index in [-0.39, 0.29) is 47.8 Å². The van der Waals surface area contributed by atoms with Crippen molar-refractivity contribution >= 4 is 117 Å². The van der Waals surface area contributed by atoms with Crippen LogP contribution in [0.5, 0.6) is 0 Å². The fraction of sp³-hybridized carbons (Fsp3) is 0.114. The van der Waals surface area contributed by atoms with Gasteiger partial charge in [0.1, 0.15) is 11.2 Å². The minimum absolute atomic E-state index is 0.111. The summed E-state index contributed by atoms with van der Waals surface area (Å²) in [7, 11) is 0. The first-order chi connectivity index (χ1) is 39.1. The van der Waals surface area contributed by atoms with Crippen LogP contribution in [0, 0.1) is 6.92 Å². The highest BCUT2D eigenvalue weighted by atomic mass is 32.1. The van der Waals surface area contributed by atoms with E-state index in [1.165, 1.54) is 22.2 Å². The molecule has 0 bridgehead atoms. The molecule has 12 aromatic rings. The second kappa shape index (κ2) is 17.8. The molecule has 6 heteroatoms. The van der Waals surface area contributed by atoms with Gasteiger partial charge in [-0.05, 0) is 154 Å². The Morgan fingerprint density at radius 3 is 1.95 bits per heavy atom.